The molecule has 0 aliphatic carbocycles. The molecule has 5 nitrogen and oxygen atoms in total. The van der Waals surface area contributed by atoms with Crippen molar-refractivity contribution in [2.45, 2.75) is 38.4 Å². The van der Waals surface area contributed by atoms with Crippen molar-refractivity contribution in [3.8, 4) is 0 Å². The van der Waals surface area contributed by atoms with Crippen LogP contribution in [0.25, 0.3) is 0 Å². The van der Waals surface area contributed by atoms with Crippen LogP contribution in [-0.4, -0.2) is 92.3 Å². The third-order valence-electron chi connectivity index (χ3n) is 4.65. The summed E-state index contributed by atoms with van der Waals surface area (Å²) in [5, 5.41) is 3.27. The van der Waals surface area contributed by atoms with E-state index in [-0.39, 0.29) is 24.0 Å². The molecule has 0 amide bonds. The first-order chi connectivity index (χ1) is 11.4. The lowest BCUT2D eigenvalue weighted by Crippen LogP contribution is -2.43. The molecule has 2 heterocycles. The molecule has 1 atom stereocenters. The standard InChI is InChI=1S/C16H30F3N5.HI/c1-3-20-15(21-7-11-22(2)13-16(17,18)19)24-10-6-14(12-24)23-8-4-5-9-23;/h14H,3-13H2,1-2H3,(H,20,21);1H. The Morgan fingerprint density at radius 3 is 2.52 bits per heavy atom. The molecule has 2 aliphatic rings. The topological polar surface area (TPSA) is 34.1 Å². The summed E-state index contributed by atoms with van der Waals surface area (Å²) in [6.07, 6.45) is -0.439. The Labute approximate surface area is 166 Å². The van der Waals surface area contributed by atoms with Crippen LogP contribution in [0.15, 0.2) is 4.99 Å². The van der Waals surface area contributed by atoms with Crippen molar-refractivity contribution in [3.63, 3.8) is 0 Å². The summed E-state index contributed by atoms with van der Waals surface area (Å²) >= 11 is 0. The first-order valence-electron chi connectivity index (χ1n) is 8.91. The molecule has 1 unspecified atom stereocenters. The zero-order chi connectivity index (χ0) is 17.6. The molecular formula is C16H31F3IN5. The van der Waals surface area contributed by atoms with Gasteiger partial charge in [-0.2, -0.15) is 13.2 Å². The Morgan fingerprint density at radius 1 is 1.24 bits per heavy atom. The van der Waals surface area contributed by atoms with Gasteiger partial charge in [-0.05, 0) is 46.3 Å². The predicted molar refractivity (Wildman–Crippen MR) is 106 cm³/mol. The van der Waals surface area contributed by atoms with E-state index in [0.717, 1.165) is 32.0 Å². The van der Waals surface area contributed by atoms with Crippen LogP contribution in [-0.2, 0) is 0 Å². The number of halogens is 4. The van der Waals surface area contributed by atoms with Gasteiger partial charge in [0.15, 0.2) is 5.96 Å². The molecule has 0 aromatic rings. The summed E-state index contributed by atoms with van der Waals surface area (Å²) in [6, 6.07) is 0.587. The zero-order valence-electron chi connectivity index (χ0n) is 15.2. The minimum atomic E-state index is -4.15. The lowest BCUT2D eigenvalue weighted by atomic mass is 10.2. The van der Waals surface area contributed by atoms with Gasteiger partial charge in [0, 0.05) is 32.2 Å². The molecule has 0 bridgehead atoms. The monoisotopic (exact) mass is 477 g/mol. The van der Waals surface area contributed by atoms with Crippen LogP contribution in [0.4, 0.5) is 13.2 Å². The lowest BCUT2D eigenvalue weighted by molar-refractivity contribution is -0.142. The third kappa shape index (κ3) is 7.86. The highest BCUT2D eigenvalue weighted by Crippen LogP contribution is 2.20. The summed E-state index contributed by atoms with van der Waals surface area (Å²) in [7, 11) is 1.48. The molecule has 9 heteroatoms. The van der Waals surface area contributed by atoms with Crippen LogP contribution >= 0.6 is 24.0 Å². The van der Waals surface area contributed by atoms with Crippen molar-refractivity contribution in [3.05, 3.63) is 0 Å². The highest BCUT2D eigenvalue weighted by atomic mass is 127. The fraction of sp³-hybridized carbons (Fsp3) is 0.938. The van der Waals surface area contributed by atoms with Crippen LogP contribution in [0.5, 0.6) is 0 Å². The maximum atomic E-state index is 12.3. The average Bonchev–Trinajstić information content (AvgIpc) is 3.15. The Balaban J connectivity index is 0.00000312. The van der Waals surface area contributed by atoms with Gasteiger partial charge in [-0.15, -0.1) is 24.0 Å². The van der Waals surface area contributed by atoms with Gasteiger partial charge in [-0.3, -0.25) is 14.8 Å². The van der Waals surface area contributed by atoms with Gasteiger partial charge in [-0.25, -0.2) is 0 Å². The first-order valence-corrected chi connectivity index (χ1v) is 8.91. The van der Waals surface area contributed by atoms with E-state index < -0.39 is 12.7 Å². The average molecular weight is 477 g/mol. The maximum absolute atomic E-state index is 12.3. The Hall–Kier alpha value is -0.290. The minimum absolute atomic E-state index is 0. The second-order valence-electron chi connectivity index (χ2n) is 6.72. The lowest BCUT2D eigenvalue weighted by Gasteiger charge is -2.25. The molecule has 148 valence electrons. The van der Waals surface area contributed by atoms with Gasteiger partial charge in [0.2, 0.25) is 0 Å². The molecule has 2 rings (SSSR count). The van der Waals surface area contributed by atoms with E-state index in [1.807, 2.05) is 6.92 Å². The van der Waals surface area contributed by atoms with Crippen molar-refractivity contribution in [2.75, 3.05) is 59.4 Å². The van der Waals surface area contributed by atoms with E-state index in [0.29, 0.717) is 19.1 Å². The van der Waals surface area contributed by atoms with Gasteiger partial charge in [0.1, 0.15) is 0 Å². The van der Waals surface area contributed by atoms with Crippen LogP contribution in [0, 0.1) is 0 Å². The summed E-state index contributed by atoms with van der Waals surface area (Å²) in [5.41, 5.74) is 0. The zero-order valence-corrected chi connectivity index (χ0v) is 17.5. The van der Waals surface area contributed by atoms with E-state index in [2.05, 4.69) is 20.1 Å². The Kier molecular flexibility index (Phi) is 9.79. The van der Waals surface area contributed by atoms with Crippen molar-refractivity contribution in [1.29, 1.82) is 0 Å². The van der Waals surface area contributed by atoms with Crippen molar-refractivity contribution in [2.24, 2.45) is 4.99 Å². The first kappa shape index (κ1) is 22.8. The Bertz CT molecular complexity index is 413. The van der Waals surface area contributed by atoms with Crippen molar-refractivity contribution in [1.82, 2.24) is 20.0 Å². The van der Waals surface area contributed by atoms with E-state index in [4.69, 9.17) is 0 Å². The second-order valence-corrected chi connectivity index (χ2v) is 6.72. The maximum Gasteiger partial charge on any atom is 0.401 e. The molecule has 0 radical (unpaired) electrons. The number of nitrogens with zero attached hydrogens (tertiary/aromatic N) is 4. The van der Waals surface area contributed by atoms with Crippen LogP contribution in [0.2, 0.25) is 0 Å². The van der Waals surface area contributed by atoms with Gasteiger partial charge in [-0.1, -0.05) is 0 Å². The van der Waals surface area contributed by atoms with Crippen molar-refractivity contribution >= 4 is 29.9 Å². The molecule has 0 aromatic carbocycles. The highest BCUT2D eigenvalue weighted by molar-refractivity contribution is 14.0. The number of likely N-dealkylation sites (tertiary alicyclic amines) is 2. The molecule has 0 saturated carbocycles. The highest BCUT2D eigenvalue weighted by Gasteiger charge is 2.31. The fourth-order valence-electron chi connectivity index (χ4n) is 3.48. The number of hydrogen-bond acceptors (Lipinski definition) is 3. The summed E-state index contributed by atoms with van der Waals surface area (Å²) in [5.74, 6) is 0.833. The van der Waals surface area contributed by atoms with Crippen molar-refractivity contribution < 1.29 is 13.2 Å². The Morgan fingerprint density at radius 2 is 1.92 bits per heavy atom. The largest absolute Gasteiger partial charge is 0.401 e. The summed E-state index contributed by atoms with van der Waals surface area (Å²) in [6.45, 7) is 6.87. The molecule has 0 aromatic heterocycles. The van der Waals surface area contributed by atoms with E-state index in [1.165, 1.54) is 37.9 Å². The number of guanidine groups is 1. The fourth-order valence-corrected chi connectivity index (χ4v) is 3.48. The molecule has 2 fully saturated rings. The third-order valence-corrected chi connectivity index (χ3v) is 4.65. The van der Waals surface area contributed by atoms with E-state index >= 15 is 0 Å². The number of aliphatic imine (C=N–C) groups is 1. The molecule has 2 aliphatic heterocycles. The second kappa shape index (κ2) is 10.8. The molecular weight excluding hydrogens is 446 g/mol. The van der Waals surface area contributed by atoms with E-state index in [1.54, 1.807) is 0 Å². The molecule has 0 spiro atoms. The van der Waals surface area contributed by atoms with Crippen LogP contribution < -0.4 is 5.32 Å². The SMILES string of the molecule is CCNC(=NCCN(C)CC(F)(F)F)N1CCC(N2CCCC2)C1.I. The van der Waals surface area contributed by atoms with Crippen LogP contribution in [0.1, 0.15) is 26.2 Å². The minimum Gasteiger partial charge on any atom is -0.357 e. The smallest absolute Gasteiger partial charge is 0.357 e. The summed E-state index contributed by atoms with van der Waals surface area (Å²) in [4.78, 5) is 10.6. The van der Waals surface area contributed by atoms with Gasteiger partial charge in [0.05, 0.1) is 13.1 Å². The number of hydrogen-bond donors (Lipinski definition) is 1. The predicted octanol–water partition coefficient (Wildman–Crippen LogP) is 2.23. The van der Waals surface area contributed by atoms with Gasteiger partial charge >= 0.3 is 6.18 Å². The molecule has 25 heavy (non-hydrogen) atoms. The molecule has 2 saturated heterocycles. The number of rotatable bonds is 6. The number of nitrogens with one attached hydrogen (secondary N) is 1. The summed E-state index contributed by atoms with van der Waals surface area (Å²) < 4.78 is 37.0. The quantitative estimate of drug-likeness (QED) is 0.362. The van der Waals surface area contributed by atoms with Crippen LogP contribution in [0.3, 0.4) is 0 Å². The molecule has 1 N–H and O–H groups in total. The van der Waals surface area contributed by atoms with Gasteiger partial charge < -0.3 is 10.2 Å². The van der Waals surface area contributed by atoms with E-state index in [9.17, 15) is 13.2 Å². The van der Waals surface area contributed by atoms with Gasteiger partial charge in [0.25, 0.3) is 0 Å². The normalized spacial score (nSPS) is 22.6. The number of likely N-dealkylation sites (N-methyl/N-ethyl adjacent to an activating group) is 1. The number of alkyl halides is 3.